The van der Waals surface area contributed by atoms with Gasteiger partial charge in [0, 0.05) is 5.92 Å². The SMILES string of the molecule is C/C=C\C(=C/C)C(CC(C)C)c1ccccc1. The van der Waals surface area contributed by atoms with Crippen LogP contribution in [-0.4, -0.2) is 0 Å². The molecule has 0 radical (unpaired) electrons. The molecule has 0 N–H and O–H groups in total. The Hall–Kier alpha value is -1.30. The molecule has 1 atom stereocenters. The molecule has 0 aliphatic rings. The van der Waals surface area contributed by atoms with Crippen LogP contribution in [-0.2, 0) is 0 Å². The molecule has 0 amide bonds. The lowest BCUT2D eigenvalue weighted by Gasteiger charge is -2.21. The summed E-state index contributed by atoms with van der Waals surface area (Å²) in [4.78, 5) is 0. The summed E-state index contributed by atoms with van der Waals surface area (Å²) < 4.78 is 0. The van der Waals surface area contributed by atoms with Gasteiger partial charge in [0.2, 0.25) is 0 Å². The van der Waals surface area contributed by atoms with Gasteiger partial charge in [-0.2, -0.15) is 0 Å². The first-order chi connectivity index (χ1) is 8.19. The van der Waals surface area contributed by atoms with E-state index in [4.69, 9.17) is 0 Å². The highest BCUT2D eigenvalue weighted by Gasteiger charge is 2.15. The van der Waals surface area contributed by atoms with E-state index in [0.29, 0.717) is 11.8 Å². The summed E-state index contributed by atoms with van der Waals surface area (Å²) in [6.45, 7) is 8.80. The fourth-order valence-electron chi connectivity index (χ4n) is 2.23. The van der Waals surface area contributed by atoms with Crippen LogP contribution in [0.4, 0.5) is 0 Å². The van der Waals surface area contributed by atoms with Crippen LogP contribution in [0, 0.1) is 5.92 Å². The van der Waals surface area contributed by atoms with Crippen molar-refractivity contribution >= 4 is 0 Å². The minimum atomic E-state index is 0.525. The van der Waals surface area contributed by atoms with Gasteiger partial charge in [-0.05, 0) is 37.3 Å². The molecule has 0 bridgehead atoms. The fraction of sp³-hybridized carbons (Fsp3) is 0.412. The average Bonchev–Trinajstić information content (AvgIpc) is 2.34. The van der Waals surface area contributed by atoms with E-state index in [1.165, 1.54) is 17.6 Å². The van der Waals surface area contributed by atoms with Crippen molar-refractivity contribution in [2.24, 2.45) is 5.92 Å². The predicted octanol–water partition coefficient (Wildman–Crippen LogP) is 5.34. The zero-order chi connectivity index (χ0) is 12.7. The molecule has 0 heterocycles. The molecule has 0 heteroatoms. The second kappa shape index (κ2) is 7.11. The van der Waals surface area contributed by atoms with Crippen LogP contribution >= 0.6 is 0 Å². The summed E-state index contributed by atoms with van der Waals surface area (Å²) in [5.74, 6) is 1.23. The highest BCUT2D eigenvalue weighted by Crippen LogP contribution is 2.31. The minimum Gasteiger partial charge on any atom is -0.0874 e. The third-order valence-electron chi connectivity index (χ3n) is 3.00. The summed E-state index contributed by atoms with van der Waals surface area (Å²) in [5, 5.41) is 0. The summed E-state index contributed by atoms with van der Waals surface area (Å²) in [5.41, 5.74) is 2.85. The molecule has 0 aliphatic heterocycles. The van der Waals surface area contributed by atoms with Crippen molar-refractivity contribution < 1.29 is 0 Å². The van der Waals surface area contributed by atoms with Crippen molar-refractivity contribution in [2.75, 3.05) is 0 Å². The van der Waals surface area contributed by atoms with E-state index in [0.717, 1.165) is 0 Å². The number of benzene rings is 1. The number of hydrogen-bond donors (Lipinski definition) is 0. The van der Waals surface area contributed by atoms with Crippen molar-refractivity contribution in [2.45, 2.75) is 40.0 Å². The fourth-order valence-corrected chi connectivity index (χ4v) is 2.23. The maximum absolute atomic E-state index is 2.29. The zero-order valence-corrected chi connectivity index (χ0v) is 11.5. The summed E-state index contributed by atoms with van der Waals surface area (Å²) in [7, 11) is 0. The molecular formula is C17H24. The molecule has 1 unspecified atom stereocenters. The smallest absolute Gasteiger partial charge is 0.00883 e. The maximum atomic E-state index is 2.29. The van der Waals surface area contributed by atoms with Crippen molar-refractivity contribution in [3.05, 3.63) is 59.7 Å². The summed E-state index contributed by atoms with van der Waals surface area (Å²) in [6, 6.07) is 10.8. The lowest BCUT2D eigenvalue weighted by molar-refractivity contribution is 0.540. The molecule has 0 aliphatic carbocycles. The van der Waals surface area contributed by atoms with Crippen molar-refractivity contribution in [3.8, 4) is 0 Å². The van der Waals surface area contributed by atoms with Gasteiger partial charge < -0.3 is 0 Å². The van der Waals surface area contributed by atoms with Gasteiger partial charge in [-0.3, -0.25) is 0 Å². The van der Waals surface area contributed by atoms with Gasteiger partial charge >= 0.3 is 0 Å². The second-order valence-corrected chi connectivity index (χ2v) is 4.88. The topological polar surface area (TPSA) is 0 Å². The van der Waals surface area contributed by atoms with Crippen molar-refractivity contribution in [1.29, 1.82) is 0 Å². The number of allylic oxidation sites excluding steroid dienone is 4. The van der Waals surface area contributed by atoms with E-state index in [2.05, 4.69) is 76.3 Å². The molecule has 17 heavy (non-hydrogen) atoms. The van der Waals surface area contributed by atoms with Crippen molar-refractivity contribution in [1.82, 2.24) is 0 Å². The zero-order valence-electron chi connectivity index (χ0n) is 11.5. The Bertz CT molecular complexity index is 368. The molecule has 1 rings (SSSR count). The van der Waals surface area contributed by atoms with Crippen LogP contribution in [0.2, 0.25) is 0 Å². The molecule has 92 valence electrons. The predicted molar refractivity (Wildman–Crippen MR) is 77.2 cm³/mol. The van der Waals surface area contributed by atoms with E-state index < -0.39 is 0 Å². The third-order valence-corrected chi connectivity index (χ3v) is 3.00. The Morgan fingerprint density at radius 2 is 1.76 bits per heavy atom. The lowest BCUT2D eigenvalue weighted by atomic mass is 9.84. The van der Waals surface area contributed by atoms with Crippen molar-refractivity contribution in [3.63, 3.8) is 0 Å². The highest BCUT2D eigenvalue weighted by molar-refractivity contribution is 5.34. The Labute approximate surface area is 106 Å². The second-order valence-electron chi connectivity index (χ2n) is 4.88. The molecule has 1 aromatic rings. The van der Waals surface area contributed by atoms with E-state index in [9.17, 15) is 0 Å². The van der Waals surface area contributed by atoms with Crippen LogP contribution in [0.25, 0.3) is 0 Å². The normalized spacial score (nSPS) is 14.5. The quantitative estimate of drug-likeness (QED) is 0.597. The highest BCUT2D eigenvalue weighted by atomic mass is 14.2. The standard InChI is InChI=1S/C17H24/c1-5-10-15(6-2)17(13-14(3)4)16-11-8-7-9-12-16/h5-12,14,17H,13H2,1-4H3/b10-5-,15-6+. The monoisotopic (exact) mass is 228 g/mol. The van der Waals surface area contributed by atoms with Gasteiger partial charge in [0.15, 0.2) is 0 Å². The van der Waals surface area contributed by atoms with Crippen LogP contribution < -0.4 is 0 Å². The Morgan fingerprint density at radius 3 is 2.24 bits per heavy atom. The van der Waals surface area contributed by atoms with E-state index in [-0.39, 0.29) is 0 Å². The van der Waals surface area contributed by atoms with Gasteiger partial charge in [-0.1, -0.05) is 62.4 Å². The average molecular weight is 228 g/mol. The van der Waals surface area contributed by atoms with Crippen LogP contribution in [0.1, 0.15) is 45.6 Å². The lowest BCUT2D eigenvalue weighted by Crippen LogP contribution is -2.05. The van der Waals surface area contributed by atoms with Gasteiger partial charge in [0.25, 0.3) is 0 Å². The van der Waals surface area contributed by atoms with Gasteiger partial charge in [0.1, 0.15) is 0 Å². The van der Waals surface area contributed by atoms with Gasteiger partial charge in [0.05, 0.1) is 0 Å². The molecule has 0 spiro atoms. The van der Waals surface area contributed by atoms with E-state index in [1.807, 2.05) is 0 Å². The number of rotatable bonds is 5. The first-order valence-corrected chi connectivity index (χ1v) is 6.52. The summed E-state index contributed by atoms with van der Waals surface area (Å²) in [6.07, 6.45) is 7.81. The number of hydrogen-bond acceptors (Lipinski definition) is 0. The molecule has 1 aromatic carbocycles. The molecular weight excluding hydrogens is 204 g/mol. The Kier molecular flexibility index (Phi) is 5.76. The maximum Gasteiger partial charge on any atom is 0.00883 e. The minimum absolute atomic E-state index is 0.525. The van der Waals surface area contributed by atoms with E-state index in [1.54, 1.807) is 0 Å². The molecule has 0 aromatic heterocycles. The molecule has 0 saturated heterocycles. The molecule has 0 nitrogen and oxygen atoms in total. The van der Waals surface area contributed by atoms with Gasteiger partial charge in [-0.25, -0.2) is 0 Å². The Balaban J connectivity index is 3.03. The molecule has 0 fully saturated rings. The van der Waals surface area contributed by atoms with Crippen LogP contribution in [0.5, 0.6) is 0 Å². The van der Waals surface area contributed by atoms with Gasteiger partial charge in [-0.15, -0.1) is 0 Å². The Morgan fingerprint density at radius 1 is 1.12 bits per heavy atom. The van der Waals surface area contributed by atoms with Crippen LogP contribution in [0.15, 0.2) is 54.1 Å². The van der Waals surface area contributed by atoms with E-state index >= 15 is 0 Å². The first kappa shape index (κ1) is 13.8. The third kappa shape index (κ3) is 4.22. The largest absolute Gasteiger partial charge is 0.0874 e. The van der Waals surface area contributed by atoms with Crippen LogP contribution in [0.3, 0.4) is 0 Å². The first-order valence-electron chi connectivity index (χ1n) is 6.52. The summed E-state index contributed by atoms with van der Waals surface area (Å²) >= 11 is 0. The molecule has 0 saturated carbocycles.